The summed E-state index contributed by atoms with van der Waals surface area (Å²) in [6.45, 7) is 1.92. The van der Waals surface area contributed by atoms with Crippen LogP contribution in [-0.2, 0) is 4.79 Å². The normalized spacial score (nSPS) is 16.1. The van der Waals surface area contributed by atoms with Crippen molar-refractivity contribution in [2.45, 2.75) is 0 Å². The number of hydrogen-bond donors (Lipinski definition) is 0. The van der Waals surface area contributed by atoms with Gasteiger partial charge in [-0.25, -0.2) is 4.39 Å². The Hall–Kier alpha value is -4.33. The molecule has 3 aromatic rings. The van der Waals surface area contributed by atoms with Gasteiger partial charge in [-0.1, -0.05) is 24.3 Å². The van der Waals surface area contributed by atoms with Gasteiger partial charge in [0.05, 0.1) is 18.4 Å². The molecule has 3 aromatic carbocycles. The van der Waals surface area contributed by atoms with Gasteiger partial charge in [0.1, 0.15) is 23.1 Å². The number of hydrogen-bond acceptors (Lipinski definition) is 6. The van der Waals surface area contributed by atoms with Crippen LogP contribution in [0.3, 0.4) is 0 Å². The number of ketones is 1. The Labute approximate surface area is 208 Å². The van der Waals surface area contributed by atoms with E-state index in [0.29, 0.717) is 48.9 Å². The number of allylic oxidation sites excluding steroid dienone is 1. The fourth-order valence-electron chi connectivity index (χ4n) is 4.25. The van der Waals surface area contributed by atoms with E-state index in [1.807, 2.05) is 29.2 Å². The fourth-order valence-corrected chi connectivity index (χ4v) is 4.25. The van der Waals surface area contributed by atoms with Crippen LogP contribution in [0.4, 0.5) is 10.1 Å². The number of rotatable bonds is 6. The summed E-state index contributed by atoms with van der Waals surface area (Å²) in [5, 5.41) is 0. The van der Waals surface area contributed by atoms with E-state index in [0.717, 1.165) is 11.3 Å². The van der Waals surface area contributed by atoms with E-state index in [9.17, 15) is 14.0 Å². The van der Waals surface area contributed by atoms with E-state index < -0.39 is 0 Å². The van der Waals surface area contributed by atoms with Gasteiger partial charge in [0, 0.05) is 32.2 Å². The van der Waals surface area contributed by atoms with Crippen LogP contribution in [0.5, 0.6) is 17.2 Å². The number of benzene rings is 3. The van der Waals surface area contributed by atoms with Gasteiger partial charge in [-0.15, -0.1) is 0 Å². The highest BCUT2D eigenvalue weighted by molar-refractivity contribution is 6.14. The molecule has 1 fully saturated rings. The van der Waals surface area contributed by atoms with Gasteiger partial charge in [-0.05, 0) is 48.0 Å². The largest absolute Gasteiger partial charge is 0.497 e. The zero-order chi connectivity index (χ0) is 25.1. The first-order valence-electron chi connectivity index (χ1n) is 11.6. The Morgan fingerprint density at radius 3 is 2.44 bits per heavy atom. The minimum atomic E-state index is -0.264. The molecule has 36 heavy (non-hydrogen) atoms. The van der Waals surface area contributed by atoms with Crippen LogP contribution < -0.4 is 19.1 Å². The summed E-state index contributed by atoms with van der Waals surface area (Å²) >= 11 is 0. The first-order chi connectivity index (χ1) is 17.5. The summed E-state index contributed by atoms with van der Waals surface area (Å²) in [6, 6.07) is 18.8. The Morgan fingerprint density at radius 1 is 1.00 bits per heavy atom. The molecule has 0 aliphatic carbocycles. The molecule has 0 bridgehead atoms. The van der Waals surface area contributed by atoms with E-state index in [1.54, 1.807) is 54.5 Å². The van der Waals surface area contributed by atoms with E-state index in [1.165, 1.54) is 6.07 Å². The molecule has 2 aliphatic heterocycles. The topological polar surface area (TPSA) is 68.3 Å². The highest BCUT2D eigenvalue weighted by Crippen LogP contribution is 2.35. The first kappa shape index (κ1) is 23.4. The van der Waals surface area contributed by atoms with Crippen molar-refractivity contribution in [2.24, 2.45) is 0 Å². The van der Waals surface area contributed by atoms with Crippen molar-refractivity contribution in [1.29, 1.82) is 0 Å². The van der Waals surface area contributed by atoms with Crippen LogP contribution in [0.2, 0.25) is 0 Å². The minimum Gasteiger partial charge on any atom is -0.497 e. The van der Waals surface area contributed by atoms with Crippen molar-refractivity contribution in [1.82, 2.24) is 4.90 Å². The summed E-state index contributed by atoms with van der Waals surface area (Å²) in [4.78, 5) is 29.0. The third-order valence-corrected chi connectivity index (χ3v) is 6.24. The molecule has 8 heteroatoms. The minimum absolute atomic E-state index is 0.138. The first-order valence-corrected chi connectivity index (χ1v) is 11.6. The van der Waals surface area contributed by atoms with E-state index in [2.05, 4.69) is 0 Å². The molecule has 1 amide bonds. The number of piperazine rings is 1. The summed E-state index contributed by atoms with van der Waals surface area (Å²) < 4.78 is 30.7. The maximum absolute atomic E-state index is 14.0. The van der Waals surface area contributed by atoms with Crippen LogP contribution in [0.15, 0.2) is 72.5 Å². The standard InChI is InChI=1S/C28H25FN2O5/c1-34-20-8-6-19(7-9-20)16-26-28(33)22-11-10-21(17-25(22)36-26)35-18-27(32)31-14-12-30(13-15-31)24-5-3-2-4-23(24)29/h2-11,16-17H,12-15,18H2,1H3. The van der Waals surface area contributed by atoms with Crippen LogP contribution in [0.1, 0.15) is 15.9 Å². The molecular formula is C28H25FN2O5. The number of Topliss-reactive ketones (excluding diaryl/α,β-unsaturated/α-hetero) is 1. The lowest BCUT2D eigenvalue weighted by Crippen LogP contribution is -2.50. The zero-order valence-electron chi connectivity index (χ0n) is 19.8. The molecule has 0 spiro atoms. The molecule has 0 saturated carbocycles. The average Bonchev–Trinajstić information content (AvgIpc) is 3.22. The summed E-state index contributed by atoms with van der Waals surface area (Å²) in [7, 11) is 1.59. The van der Waals surface area contributed by atoms with Crippen molar-refractivity contribution in [3.8, 4) is 17.2 Å². The van der Waals surface area contributed by atoms with Crippen LogP contribution in [0.25, 0.3) is 6.08 Å². The van der Waals surface area contributed by atoms with Crippen molar-refractivity contribution < 1.29 is 28.2 Å². The van der Waals surface area contributed by atoms with E-state index >= 15 is 0 Å². The van der Waals surface area contributed by atoms with Crippen molar-refractivity contribution >= 4 is 23.5 Å². The van der Waals surface area contributed by atoms with Gasteiger partial charge in [0.15, 0.2) is 12.4 Å². The number of amides is 1. The number of halogens is 1. The SMILES string of the molecule is COc1ccc(C=C2Oc3cc(OCC(=O)N4CCN(c5ccccc5F)CC4)ccc3C2=O)cc1. The second-order valence-electron chi connectivity index (χ2n) is 8.48. The molecule has 5 rings (SSSR count). The molecule has 184 valence electrons. The smallest absolute Gasteiger partial charge is 0.260 e. The highest BCUT2D eigenvalue weighted by atomic mass is 19.1. The summed E-state index contributed by atoms with van der Waals surface area (Å²) in [5.74, 6) is 1.14. The fraction of sp³-hybridized carbons (Fsp3) is 0.214. The maximum atomic E-state index is 14.0. The van der Waals surface area contributed by atoms with Gasteiger partial charge in [-0.3, -0.25) is 9.59 Å². The number of anilines is 1. The van der Waals surface area contributed by atoms with Gasteiger partial charge in [0.25, 0.3) is 5.91 Å². The molecule has 7 nitrogen and oxygen atoms in total. The molecule has 2 heterocycles. The molecule has 0 N–H and O–H groups in total. The van der Waals surface area contributed by atoms with Gasteiger partial charge in [0.2, 0.25) is 5.78 Å². The van der Waals surface area contributed by atoms with Crippen molar-refractivity contribution in [3.05, 3.63) is 89.4 Å². The maximum Gasteiger partial charge on any atom is 0.260 e. The number of para-hydroxylation sites is 1. The third-order valence-electron chi connectivity index (χ3n) is 6.24. The number of carbonyl (C=O) groups excluding carboxylic acids is 2. The molecule has 0 aromatic heterocycles. The van der Waals surface area contributed by atoms with Crippen molar-refractivity contribution in [2.75, 3.05) is 44.8 Å². The molecular weight excluding hydrogens is 463 g/mol. The van der Waals surface area contributed by atoms with Crippen molar-refractivity contribution in [3.63, 3.8) is 0 Å². The predicted molar refractivity (Wildman–Crippen MR) is 133 cm³/mol. The van der Waals surface area contributed by atoms with Crippen LogP contribution in [-0.4, -0.2) is 56.5 Å². The van der Waals surface area contributed by atoms with Crippen LogP contribution in [0, 0.1) is 5.82 Å². The number of nitrogens with zero attached hydrogens (tertiary/aromatic N) is 2. The van der Waals surface area contributed by atoms with Crippen LogP contribution >= 0.6 is 0 Å². The van der Waals surface area contributed by atoms with Gasteiger partial charge >= 0.3 is 0 Å². The van der Waals surface area contributed by atoms with E-state index in [-0.39, 0.29) is 29.9 Å². The lowest BCUT2D eigenvalue weighted by atomic mass is 10.1. The predicted octanol–water partition coefficient (Wildman–Crippen LogP) is 4.18. The number of fused-ring (bicyclic) bond motifs is 1. The average molecular weight is 489 g/mol. The number of ether oxygens (including phenoxy) is 3. The molecule has 1 saturated heterocycles. The summed E-state index contributed by atoms with van der Waals surface area (Å²) in [6.07, 6.45) is 1.67. The lowest BCUT2D eigenvalue weighted by Gasteiger charge is -2.36. The summed E-state index contributed by atoms with van der Waals surface area (Å²) in [5.41, 5.74) is 1.80. The highest BCUT2D eigenvalue weighted by Gasteiger charge is 2.28. The second kappa shape index (κ2) is 10.1. The van der Waals surface area contributed by atoms with E-state index in [4.69, 9.17) is 14.2 Å². The Bertz CT molecular complexity index is 1310. The second-order valence-corrected chi connectivity index (χ2v) is 8.48. The molecule has 0 radical (unpaired) electrons. The zero-order valence-corrected chi connectivity index (χ0v) is 19.8. The Morgan fingerprint density at radius 2 is 1.72 bits per heavy atom. The monoisotopic (exact) mass is 488 g/mol. The molecule has 0 atom stereocenters. The Balaban J connectivity index is 1.17. The molecule has 0 unspecified atom stereocenters. The van der Waals surface area contributed by atoms with Gasteiger partial charge in [-0.2, -0.15) is 0 Å². The molecule has 2 aliphatic rings. The number of methoxy groups -OCH3 is 1. The lowest BCUT2D eigenvalue weighted by molar-refractivity contribution is -0.133. The number of carbonyl (C=O) groups is 2. The quantitative estimate of drug-likeness (QED) is 0.485. The van der Waals surface area contributed by atoms with Gasteiger partial charge < -0.3 is 24.0 Å². The third kappa shape index (κ3) is 4.88. The Kier molecular flexibility index (Phi) is 6.58.